The molecule has 0 bridgehead atoms. The van der Waals surface area contributed by atoms with Crippen LogP contribution in [0.2, 0.25) is 0 Å². The van der Waals surface area contributed by atoms with E-state index in [-0.39, 0.29) is 11.6 Å². The number of fused-ring (bicyclic) bond motifs is 2. The summed E-state index contributed by atoms with van der Waals surface area (Å²) in [7, 11) is 0. The molecular weight excluding hydrogens is 439 g/mol. The molecule has 0 saturated heterocycles. The molecule has 1 spiro atoms. The molecule has 3 heterocycles. The van der Waals surface area contributed by atoms with E-state index < -0.39 is 11.6 Å². The van der Waals surface area contributed by atoms with E-state index in [4.69, 9.17) is 9.15 Å². The third kappa shape index (κ3) is 3.12. The zero-order valence-corrected chi connectivity index (χ0v) is 17.8. The van der Waals surface area contributed by atoms with Crippen LogP contribution < -0.4 is 15.2 Å². The summed E-state index contributed by atoms with van der Waals surface area (Å²) in [6.45, 7) is 0. The second kappa shape index (κ2) is 7.10. The highest BCUT2D eigenvalue weighted by molar-refractivity contribution is 8.00. The summed E-state index contributed by atoms with van der Waals surface area (Å²) in [6, 6.07) is 10.4. The van der Waals surface area contributed by atoms with Crippen molar-refractivity contribution in [1.29, 1.82) is 0 Å². The van der Waals surface area contributed by atoms with Crippen molar-refractivity contribution >= 4 is 39.7 Å². The summed E-state index contributed by atoms with van der Waals surface area (Å²) < 4.78 is 35.2. The Morgan fingerprint density at radius 1 is 1.29 bits per heavy atom. The fraction of sp³-hybridized carbons (Fsp3) is 0.286. The lowest BCUT2D eigenvalue weighted by molar-refractivity contribution is -0.0365. The van der Waals surface area contributed by atoms with Crippen LogP contribution in [0.1, 0.15) is 37.3 Å². The van der Waals surface area contributed by atoms with E-state index in [1.807, 2.05) is 24.3 Å². The Bertz CT molecular complexity index is 1330. The number of nitrogens with zero attached hydrogens (tertiary/aromatic N) is 3. The topological polar surface area (TPSA) is 82.2 Å². The molecule has 1 aliphatic heterocycles. The lowest BCUT2D eigenvalue weighted by atomic mass is 9.73. The number of ether oxygens (including phenoxy) is 1. The lowest BCUT2D eigenvalue weighted by Gasteiger charge is -2.47. The maximum Gasteiger partial charge on any atom is 0.420 e. The molecule has 2 aliphatic rings. The van der Waals surface area contributed by atoms with Crippen LogP contribution in [-0.2, 0) is 0 Å². The van der Waals surface area contributed by atoms with Crippen LogP contribution in [0, 0.1) is 5.82 Å². The first-order valence-electron chi connectivity index (χ1n) is 9.94. The third-order valence-electron chi connectivity index (χ3n) is 6.02. The van der Waals surface area contributed by atoms with Gasteiger partial charge in [-0.05, 0) is 37.3 Å². The number of aromatic nitrogens is 3. The van der Waals surface area contributed by atoms with Gasteiger partial charge in [0.05, 0.1) is 16.5 Å². The van der Waals surface area contributed by atoms with Gasteiger partial charge in [0.15, 0.2) is 5.58 Å². The fourth-order valence-corrected chi connectivity index (χ4v) is 5.55. The first-order chi connectivity index (χ1) is 15.1. The van der Waals surface area contributed by atoms with Crippen LogP contribution >= 0.6 is 23.5 Å². The number of benzene rings is 2. The average molecular weight is 457 g/mol. The SMILES string of the molecule is O=c1oc2cc(SNc3ncns3)c(F)cc2n1C1CC2(CCC2)Oc2ccccc21. The minimum Gasteiger partial charge on any atom is -0.487 e. The Balaban J connectivity index is 1.42. The first-order valence-corrected chi connectivity index (χ1v) is 11.5. The van der Waals surface area contributed by atoms with Gasteiger partial charge in [0.2, 0.25) is 5.13 Å². The third-order valence-corrected chi connectivity index (χ3v) is 7.56. The maximum atomic E-state index is 15.0. The molecule has 2 aromatic carbocycles. The van der Waals surface area contributed by atoms with Crippen molar-refractivity contribution < 1.29 is 13.5 Å². The monoisotopic (exact) mass is 456 g/mol. The zero-order valence-electron chi connectivity index (χ0n) is 16.2. The Labute approximate surface area is 184 Å². The average Bonchev–Trinajstić information content (AvgIpc) is 3.37. The number of anilines is 1. The van der Waals surface area contributed by atoms with Gasteiger partial charge in [0.25, 0.3) is 0 Å². The molecule has 1 fully saturated rings. The van der Waals surface area contributed by atoms with Crippen LogP contribution in [0.4, 0.5) is 9.52 Å². The van der Waals surface area contributed by atoms with Crippen LogP contribution in [0.15, 0.2) is 56.8 Å². The molecule has 10 heteroatoms. The largest absolute Gasteiger partial charge is 0.487 e. The fourth-order valence-electron chi connectivity index (χ4n) is 4.42. The summed E-state index contributed by atoms with van der Waals surface area (Å²) >= 11 is 2.24. The van der Waals surface area contributed by atoms with Gasteiger partial charge < -0.3 is 13.9 Å². The van der Waals surface area contributed by atoms with E-state index in [2.05, 4.69) is 14.1 Å². The number of halogens is 1. The molecule has 31 heavy (non-hydrogen) atoms. The van der Waals surface area contributed by atoms with Gasteiger partial charge in [0.1, 0.15) is 23.5 Å². The number of nitrogens with one attached hydrogen (secondary N) is 1. The van der Waals surface area contributed by atoms with Crippen molar-refractivity contribution in [3.8, 4) is 5.75 Å². The molecular formula is C21H17FN4O3S2. The zero-order chi connectivity index (χ0) is 21.0. The van der Waals surface area contributed by atoms with Gasteiger partial charge in [0, 0.05) is 35.6 Å². The standard InChI is InChI=1S/C21H17FN4O3S2/c22-13-8-14-17(9-18(13)30-25-19-23-11-24-31-19)28-20(27)26(14)15-10-21(6-3-7-21)29-16-5-2-1-4-12(15)16/h1-2,4-5,8-9,11,15H,3,6-7,10H2,(H,23,24,25). The van der Waals surface area contributed by atoms with Crippen LogP contribution in [0.5, 0.6) is 5.75 Å². The molecule has 0 radical (unpaired) electrons. The Morgan fingerprint density at radius 2 is 2.16 bits per heavy atom. The minimum absolute atomic E-state index is 0.262. The predicted molar refractivity (Wildman–Crippen MR) is 116 cm³/mol. The first kappa shape index (κ1) is 18.9. The smallest absolute Gasteiger partial charge is 0.420 e. The second-order valence-corrected chi connectivity index (χ2v) is 9.46. The van der Waals surface area contributed by atoms with Gasteiger partial charge in [-0.1, -0.05) is 18.2 Å². The van der Waals surface area contributed by atoms with E-state index in [1.54, 1.807) is 10.6 Å². The molecule has 1 saturated carbocycles. The Morgan fingerprint density at radius 3 is 2.94 bits per heavy atom. The summed E-state index contributed by atoms with van der Waals surface area (Å²) in [5, 5.41) is 0.563. The highest BCUT2D eigenvalue weighted by Crippen LogP contribution is 2.50. The van der Waals surface area contributed by atoms with Crippen molar-refractivity contribution in [1.82, 2.24) is 13.9 Å². The second-order valence-electron chi connectivity index (χ2n) is 7.84. The van der Waals surface area contributed by atoms with Gasteiger partial charge in [-0.25, -0.2) is 14.2 Å². The lowest BCUT2D eigenvalue weighted by Crippen LogP contribution is -2.48. The quantitative estimate of drug-likeness (QED) is 0.433. The van der Waals surface area contributed by atoms with E-state index >= 15 is 0 Å². The molecule has 1 N–H and O–H groups in total. The number of hydrogen-bond acceptors (Lipinski definition) is 8. The van der Waals surface area contributed by atoms with Crippen molar-refractivity contribution in [3.05, 3.63) is 64.7 Å². The summed E-state index contributed by atoms with van der Waals surface area (Å²) in [5.74, 6) is -0.152. The minimum atomic E-state index is -0.496. The molecule has 6 rings (SSSR count). The molecule has 1 aliphatic carbocycles. The summed E-state index contributed by atoms with van der Waals surface area (Å²) in [6.07, 6.45) is 5.10. The maximum absolute atomic E-state index is 15.0. The normalized spacial score (nSPS) is 19.1. The number of para-hydroxylation sites is 1. The van der Waals surface area contributed by atoms with Crippen molar-refractivity contribution in [2.75, 3.05) is 4.72 Å². The highest BCUT2D eigenvalue weighted by Gasteiger charge is 2.46. The van der Waals surface area contributed by atoms with Gasteiger partial charge >= 0.3 is 5.76 Å². The van der Waals surface area contributed by atoms with E-state index in [0.717, 1.165) is 42.5 Å². The highest BCUT2D eigenvalue weighted by atomic mass is 32.2. The van der Waals surface area contributed by atoms with E-state index in [1.165, 1.54) is 23.9 Å². The molecule has 1 atom stereocenters. The number of rotatable bonds is 4. The molecule has 158 valence electrons. The number of oxazole rings is 1. The molecule has 0 amide bonds. The van der Waals surface area contributed by atoms with Crippen molar-refractivity contribution in [2.24, 2.45) is 0 Å². The van der Waals surface area contributed by atoms with Crippen LogP contribution in [-0.4, -0.2) is 19.5 Å². The van der Waals surface area contributed by atoms with Gasteiger partial charge in [-0.3, -0.25) is 4.57 Å². The predicted octanol–water partition coefficient (Wildman–Crippen LogP) is 5.00. The van der Waals surface area contributed by atoms with Gasteiger partial charge in [-0.2, -0.15) is 4.37 Å². The number of hydrogen-bond donors (Lipinski definition) is 1. The van der Waals surface area contributed by atoms with E-state index in [0.29, 0.717) is 27.5 Å². The van der Waals surface area contributed by atoms with Gasteiger partial charge in [-0.15, -0.1) is 0 Å². The molecule has 2 aromatic heterocycles. The Kier molecular flexibility index (Phi) is 4.32. The van der Waals surface area contributed by atoms with Crippen LogP contribution in [0.3, 0.4) is 0 Å². The summed E-state index contributed by atoms with van der Waals surface area (Å²) in [4.78, 5) is 17.3. The van der Waals surface area contributed by atoms with Crippen LogP contribution in [0.25, 0.3) is 11.1 Å². The Hall–Kier alpha value is -2.85. The summed E-state index contributed by atoms with van der Waals surface area (Å²) in [5.41, 5.74) is 1.45. The van der Waals surface area contributed by atoms with Crippen molar-refractivity contribution in [2.45, 2.75) is 42.2 Å². The molecule has 1 unspecified atom stereocenters. The molecule has 4 aromatic rings. The van der Waals surface area contributed by atoms with Crippen molar-refractivity contribution in [3.63, 3.8) is 0 Å². The molecule has 7 nitrogen and oxygen atoms in total. The van der Waals surface area contributed by atoms with E-state index in [9.17, 15) is 9.18 Å².